The number of nitro groups is 1. The van der Waals surface area contributed by atoms with Crippen molar-refractivity contribution in [3.63, 3.8) is 0 Å². The van der Waals surface area contributed by atoms with Crippen LogP contribution in [0.1, 0.15) is 11.1 Å². The topological polar surface area (TPSA) is 128 Å². The average molecular weight is 439 g/mol. The third kappa shape index (κ3) is 6.21. The second-order valence-corrected chi connectivity index (χ2v) is 7.86. The molecule has 3 aromatic carbocycles. The molecule has 0 saturated carbocycles. The van der Waals surface area contributed by atoms with Gasteiger partial charge >= 0.3 is 10.1 Å². The number of hydrazone groups is 1. The van der Waals surface area contributed by atoms with Gasteiger partial charge in [0.25, 0.3) is 5.69 Å². The monoisotopic (exact) mass is 439 g/mol. The van der Waals surface area contributed by atoms with E-state index in [4.69, 9.17) is 4.18 Å². The smallest absolute Gasteiger partial charge is 0.339 e. The summed E-state index contributed by atoms with van der Waals surface area (Å²) >= 11 is 0. The summed E-state index contributed by atoms with van der Waals surface area (Å²) in [7, 11) is -3.92. The Morgan fingerprint density at radius 3 is 2.26 bits per heavy atom. The predicted molar refractivity (Wildman–Crippen MR) is 113 cm³/mol. The molecule has 3 aromatic rings. The van der Waals surface area contributed by atoms with Gasteiger partial charge in [-0.3, -0.25) is 14.9 Å². The van der Waals surface area contributed by atoms with E-state index in [1.165, 1.54) is 54.7 Å². The van der Waals surface area contributed by atoms with Crippen molar-refractivity contribution in [3.05, 3.63) is 100 Å². The summed E-state index contributed by atoms with van der Waals surface area (Å²) in [5, 5.41) is 14.5. The molecule has 0 aliphatic carbocycles. The molecular formula is C21H17N3O6S. The lowest BCUT2D eigenvalue weighted by Crippen LogP contribution is -2.19. The summed E-state index contributed by atoms with van der Waals surface area (Å²) in [4.78, 5) is 22.1. The van der Waals surface area contributed by atoms with Gasteiger partial charge in [0, 0.05) is 12.1 Å². The van der Waals surface area contributed by atoms with E-state index < -0.39 is 15.0 Å². The number of amides is 1. The Morgan fingerprint density at radius 1 is 1.00 bits per heavy atom. The number of non-ortho nitro benzene ring substituents is 1. The maximum absolute atomic E-state index is 12.2. The van der Waals surface area contributed by atoms with Gasteiger partial charge in [-0.05, 0) is 47.5 Å². The Balaban J connectivity index is 1.53. The molecule has 0 saturated heterocycles. The minimum Gasteiger partial charge on any atom is -0.379 e. The lowest BCUT2D eigenvalue weighted by molar-refractivity contribution is -0.384. The molecule has 0 fully saturated rings. The van der Waals surface area contributed by atoms with Crippen molar-refractivity contribution in [3.8, 4) is 5.75 Å². The van der Waals surface area contributed by atoms with E-state index in [9.17, 15) is 23.3 Å². The highest BCUT2D eigenvalue weighted by atomic mass is 32.2. The van der Waals surface area contributed by atoms with E-state index >= 15 is 0 Å². The summed E-state index contributed by atoms with van der Waals surface area (Å²) in [5.41, 5.74) is 3.53. The summed E-state index contributed by atoms with van der Waals surface area (Å²) in [6, 6.07) is 19.6. The van der Waals surface area contributed by atoms with Crippen LogP contribution in [0.4, 0.5) is 5.69 Å². The lowest BCUT2D eigenvalue weighted by atomic mass is 10.1. The average Bonchev–Trinajstić information content (AvgIpc) is 2.76. The first-order valence-corrected chi connectivity index (χ1v) is 10.4. The standard InChI is InChI=1S/C21H17N3O6S/c25-21(14-16-6-10-18(11-7-16)24(26)27)23-22-15-17-8-12-19(13-9-17)30-31(28,29)20-4-2-1-3-5-20/h1-13,15H,14H2,(H,23,25)/b22-15-. The molecule has 1 N–H and O–H groups in total. The zero-order chi connectivity index (χ0) is 22.3. The molecule has 31 heavy (non-hydrogen) atoms. The number of hydrogen-bond donors (Lipinski definition) is 1. The molecule has 1 amide bonds. The third-order valence-corrected chi connectivity index (χ3v) is 5.29. The molecule has 10 heteroatoms. The van der Waals surface area contributed by atoms with Gasteiger partial charge in [0.2, 0.25) is 5.91 Å². The van der Waals surface area contributed by atoms with Gasteiger partial charge in [-0.2, -0.15) is 13.5 Å². The normalized spacial score (nSPS) is 11.2. The first-order valence-electron chi connectivity index (χ1n) is 8.98. The second kappa shape index (κ2) is 9.63. The number of benzene rings is 3. The van der Waals surface area contributed by atoms with Gasteiger partial charge < -0.3 is 4.18 Å². The molecule has 0 bridgehead atoms. The highest BCUT2D eigenvalue weighted by Crippen LogP contribution is 2.18. The molecule has 0 unspecified atom stereocenters. The van der Waals surface area contributed by atoms with Crippen LogP contribution >= 0.6 is 0 Å². The van der Waals surface area contributed by atoms with Crippen molar-refractivity contribution in [2.45, 2.75) is 11.3 Å². The lowest BCUT2D eigenvalue weighted by Gasteiger charge is -2.07. The van der Waals surface area contributed by atoms with E-state index in [1.54, 1.807) is 30.3 Å². The molecule has 0 heterocycles. The molecule has 3 rings (SSSR count). The first-order chi connectivity index (χ1) is 14.8. The van der Waals surface area contributed by atoms with Gasteiger partial charge in [0.05, 0.1) is 17.6 Å². The van der Waals surface area contributed by atoms with E-state index in [-0.39, 0.29) is 28.7 Å². The van der Waals surface area contributed by atoms with E-state index in [2.05, 4.69) is 10.5 Å². The first kappa shape index (κ1) is 21.7. The van der Waals surface area contributed by atoms with Crippen molar-refractivity contribution in [1.82, 2.24) is 5.43 Å². The number of hydrogen-bond acceptors (Lipinski definition) is 7. The fourth-order valence-electron chi connectivity index (χ4n) is 2.51. The van der Waals surface area contributed by atoms with Crippen molar-refractivity contribution in [2.24, 2.45) is 5.10 Å². The van der Waals surface area contributed by atoms with Gasteiger partial charge in [0.1, 0.15) is 10.6 Å². The van der Waals surface area contributed by atoms with E-state index in [0.717, 1.165) is 0 Å². The number of nitro benzene ring substituents is 1. The number of nitrogens with one attached hydrogen (secondary N) is 1. The van der Waals surface area contributed by atoms with Crippen LogP contribution < -0.4 is 9.61 Å². The Labute approximate surface area is 178 Å². The van der Waals surface area contributed by atoms with Gasteiger partial charge in [-0.25, -0.2) is 5.43 Å². The van der Waals surface area contributed by atoms with Gasteiger partial charge in [-0.15, -0.1) is 0 Å². The molecule has 9 nitrogen and oxygen atoms in total. The summed E-state index contributed by atoms with van der Waals surface area (Å²) < 4.78 is 29.5. The van der Waals surface area contributed by atoms with Crippen LogP contribution in [-0.2, 0) is 21.3 Å². The Morgan fingerprint density at radius 2 is 1.65 bits per heavy atom. The van der Waals surface area contributed by atoms with E-state index in [0.29, 0.717) is 11.1 Å². The highest BCUT2D eigenvalue weighted by molar-refractivity contribution is 7.87. The maximum Gasteiger partial charge on any atom is 0.339 e. The largest absolute Gasteiger partial charge is 0.379 e. The molecule has 0 aromatic heterocycles. The number of carbonyl (C=O) groups excluding carboxylic acids is 1. The second-order valence-electron chi connectivity index (χ2n) is 6.31. The fourth-order valence-corrected chi connectivity index (χ4v) is 3.46. The van der Waals surface area contributed by atoms with Crippen LogP contribution in [0.2, 0.25) is 0 Å². The number of carbonyl (C=O) groups is 1. The third-order valence-electron chi connectivity index (χ3n) is 4.03. The Kier molecular flexibility index (Phi) is 6.73. The van der Waals surface area contributed by atoms with Gasteiger partial charge in [-0.1, -0.05) is 30.3 Å². The summed E-state index contributed by atoms with van der Waals surface area (Å²) in [5.74, 6) is -0.248. The Bertz CT molecular complexity index is 1190. The summed E-state index contributed by atoms with van der Waals surface area (Å²) in [6.07, 6.45) is 1.41. The zero-order valence-electron chi connectivity index (χ0n) is 16.0. The van der Waals surface area contributed by atoms with E-state index in [1.807, 2.05) is 0 Å². The van der Waals surface area contributed by atoms with Crippen LogP contribution in [0.3, 0.4) is 0 Å². The molecule has 0 atom stereocenters. The van der Waals surface area contributed by atoms with Crippen molar-refractivity contribution >= 4 is 27.9 Å². The van der Waals surface area contributed by atoms with Crippen LogP contribution in [0.15, 0.2) is 88.9 Å². The zero-order valence-corrected chi connectivity index (χ0v) is 16.9. The number of nitrogens with zero attached hydrogens (tertiary/aromatic N) is 2. The molecular weight excluding hydrogens is 422 g/mol. The number of rotatable bonds is 8. The molecule has 0 aliphatic rings. The minimum absolute atomic E-state index is 0.0134. The van der Waals surface area contributed by atoms with Crippen LogP contribution in [0, 0.1) is 10.1 Å². The molecule has 0 spiro atoms. The van der Waals surface area contributed by atoms with Crippen LogP contribution in [0.5, 0.6) is 5.75 Å². The fraction of sp³-hybridized carbons (Fsp3) is 0.0476. The molecule has 0 radical (unpaired) electrons. The minimum atomic E-state index is -3.92. The van der Waals surface area contributed by atoms with Crippen molar-refractivity contribution < 1.29 is 22.3 Å². The van der Waals surface area contributed by atoms with Crippen LogP contribution in [-0.4, -0.2) is 25.5 Å². The molecule has 0 aliphatic heterocycles. The van der Waals surface area contributed by atoms with Crippen molar-refractivity contribution in [1.29, 1.82) is 0 Å². The van der Waals surface area contributed by atoms with Gasteiger partial charge in [0.15, 0.2) is 0 Å². The highest BCUT2D eigenvalue weighted by Gasteiger charge is 2.15. The maximum atomic E-state index is 12.2. The summed E-state index contributed by atoms with van der Waals surface area (Å²) in [6.45, 7) is 0. The predicted octanol–water partition coefficient (Wildman–Crippen LogP) is 3.06. The van der Waals surface area contributed by atoms with Crippen LogP contribution in [0.25, 0.3) is 0 Å². The quantitative estimate of drug-likeness (QED) is 0.249. The SMILES string of the molecule is O=C(Cc1ccc([N+](=O)[O-])cc1)N/N=C\c1ccc(OS(=O)(=O)c2ccccc2)cc1. The van der Waals surface area contributed by atoms with Crippen molar-refractivity contribution in [2.75, 3.05) is 0 Å². The Hall–Kier alpha value is -4.05. The molecule has 158 valence electrons.